The van der Waals surface area contributed by atoms with E-state index in [9.17, 15) is 18.0 Å². The second-order valence-electron chi connectivity index (χ2n) is 8.13. The standard InChI is InChI=1S/C22H29F3N4O2/c1-15-6-8-18(9-7-15)29-20(22(23,24)25)19(12-27-29)21(30)26-10-4-5-11-28-13-16(2)31-17(3)14-28/h6-9,12,16-17H,4-5,10-11,13-14H2,1-3H3,(H,26,30)/t16-,17+. The van der Waals surface area contributed by atoms with Crippen molar-refractivity contribution in [1.29, 1.82) is 0 Å². The third kappa shape index (κ3) is 6.07. The molecule has 3 rings (SSSR count). The summed E-state index contributed by atoms with van der Waals surface area (Å²) in [5.41, 5.74) is -0.358. The van der Waals surface area contributed by atoms with Gasteiger partial charge in [-0.3, -0.25) is 9.69 Å². The van der Waals surface area contributed by atoms with Crippen LogP contribution in [-0.2, 0) is 10.9 Å². The number of hydrogen-bond donors (Lipinski definition) is 1. The van der Waals surface area contributed by atoms with Gasteiger partial charge in [-0.25, -0.2) is 4.68 Å². The first-order valence-corrected chi connectivity index (χ1v) is 10.5. The van der Waals surface area contributed by atoms with E-state index >= 15 is 0 Å². The number of hydrogen-bond acceptors (Lipinski definition) is 4. The van der Waals surface area contributed by atoms with Crippen molar-refractivity contribution in [3.05, 3.63) is 47.3 Å². The van der Waals surface area contributed by atoms with Crippen molar-refractivity contribution in [2.45, 2.75) is 52.0 Å². The molecular formula is C22H29F3N4O2. The Bertz CT molecular complexity index is 870. The Morgan fingerprint density at radius 1 is 1.16 bits per heavy atom. The van der Waals surface area contributed by atoms with E-state index in [2.05, 4.69) is 15.3 Å². The number of alkyl halides is 3. The van der Waals surface area contributed by atoms with E-state index in [1.165, 1.54) is 0 Å². The zero-order valence-corrected chi connectivity index (χ0v) is 18.1. The van der Waals surface area contributed by atoms with Gasteiger partial charge in [0, 0.05) is 19.6 Å². The maximum absolute atomic E-state index is 13.7. The van der Waals surface area contributed by atoms with Gasteiger partial charge in [-0.05, 0) is 52.3 Å². The van der Waals surface area contributed by atoms with Gasteiger partial charge in [0.15, 0.2) is 5.69 Å². The highest BCUT2D eigenvalue weighted by Gasteiger charge is 2.40. The number of unbranched alkanes of at least 4 members (excludes halogenated alkanes) is 1. The summed E-state index contributed by atoms with van der Waals surface area (Å²) < 4.78 is 47.6. The van der Waals surface area contributed by atoms with Crippen LogP contribution in [0.1, 0.15) is 48.3 Å². The van der Waals surface area contributed by atoms with E-state index in [-0.39, 0.29) is 17.9 Å². The van der Waals surface area contributed by atoms with Gasteiger partial charge in [0.1, 0.15) is 0 Å². The molecule has 2 heterocycles. The van der Waals surface area contributed by atoms with Crippen LogP contribution >= 0.6 is 0 Å². The molecule has 2 aromatic rings. The van der Waals surface area contributed by atoms with E-state index < -0.39 is 23.3 Å². The van der Waals surface area contributed by atoms with Gasteiger partial charge >= 0.3 is 6.18 Å². The predicted octanol–water partition coefficient (Wildman–Crippen LogP) is 3.82. The maximum Gasteiger partial charge on any atom is 0.434 e. The van der Waals surface area contributed by atoms with E-state index in [1.807, 2.05) is 20.8 Å². The molecule has 1 amide bonds. The van der Waals surface area contributed by atoms with Crippen LogP contribution in [0.15, 0.2) is 30.5 Å². The monoisotopic (exact) mass is 438 g/mol. The molecule has 6 nitrogen and oxygen atoms in total. The molecule has 1 aliphatic heterocycles. The van der Waals surface area contributed by atoms with Crippen LogP contribution in [0.2, 0.25) is 0 Å². The fraction of sp³-hybridized carbons (Fsp3) is 0.545. The number of benzene rings is 1. The van der Waals surface area contributed by atoms with Crippen molar-refractivity contribution < 1.29 is 22.7 Å². The molecule has 0 aliphatic carbocycles. The number of ether oxygens (including phenoxy) is 1. The first-order chi connectivity index (χ1) is 14.6. The first-order valence-electron chi connectivity index (χ1n) is 10.5. The van der Waals surface area contributed by atoms with Gasteiger partial charge < -0.3 is 10.1 Å². The highest BCUT2D eigenvalue weighted by atomic mass is 19.4. The third-order valence-corrected chi connectivity index (χ3v) is 5.24. The average molecular weight is 438 g/mol. The molecule has 0 spiro atoms. The summed E-state index contributed by atoms with van der Waals surface area (Å²) >= 11 is 0. The maximum atomic E-state index is 13.7. The third-order valence-electron chi connectivity index (χ3n) is 5.24. The number of nitrogens with zero attached hydrogens (tertiary/aromatic N) is 3. The quantitative estimate of drug-likeness (QED) is 0.668. The smallest absolute Gasteiger partial charge is 0.373 e. The van der Waals surface area contributed by atoms with Crippen LogP contribution in [-0.4, -0.2) is 59.0 Å². The number of aryl methyl sites for hydroxylation is 1. The summed E-state index contributed by atoms with van der Waals surface area (Å²) in [6.07, 6.45) is -1.83. The summed E-state index contributed by atoms with van der Waals surface area (Å²) in [5, 5.41) is 6.45. The normalized spacial score (nSPS) is 20.1. The molecule has 0 unspecified atom stereocenters. The highest BCUT2D eigenvalue weighted by molar-refractivity contribution is 5.95. The number of morpholine rings is 1. The summed E-state index contributed by atoms with van der Waals surface area (Å²) in [7, 11) is 0. The molecule has 9 heteroatoms. The average Bonchev–Trinajstić information content (AvgIpc) is 3.13. The van der Waals surface area contributed by atoms with Crippen LogP contribution in [0.4, 0.5) is 13.2 Å². The minimum absolute atomic E-state index is 0.189. The second kappa shape index (κ2) is 9.82. The predicted molar refractivity (Wildman–Crippen MR) is 111 cm³/mol. The van der Waals surface area contributed by atoms with Crippen LogP contribution < -0.4 is 5.32 Å². The Kier molecular flexibility index (Phi) is 7.38. The van der Waals surface area contributed by atoms with E-state index in [0.717, 1.165) is 42.5 Å². The second-order valence-corrected chi connectivity index (χ2v) is 8.13. The summed E-state index contributed by atoms with van der Waals surface area (Å²) in [4.78, 5) is 14.8. The van der Waals surface area contributed by atoms with E-state index in [0.29, 0.717) is 13.0 Å². The molecule has 1 aromatic heterocycles. The van der Waals surface area contributed by atoms with Gasteiger partial charge in [-0.1, -0.05) is 17.7 Å². The molecule has 0 saturated carbocycles. The Labute approximate surface area is 180 Å². The number of carbonyl (C=O) groups excluding carboxylic acids is 1. The van der Waals surface area contributed by atoms with Crippen LogP contribution in [0.5, 0.6) is 0 Å². The van der Waals surface area contributed by atoms with Gasteiger partial charge in [0.05, 0.1) is 29.7 Å². The lowest BCUT2D eigenvalue weighted by atomic mass is 10.2. The van der Waals surface area contributed by atoms with Crippen molar-refractivity contribution in [3.8, 4) is 5.69 Å². The minimum Gasteiger partial charge on any atom is -0.373 e. The molecule has 170 valence electrons. The number of nitrogens with one attached hydrogen (secondary N) is 1. The number of amides is 1. The fourth-order valence-corrected chi connectivity index (χ4v) is 3.89. The Hall–Kier alpha value is -2.39. The summed E-state index contributed by atoms with van der Waals surface area (Å²) in [6.45, 7) is 8.83. The Balaban J connectivity index is 1.58. The molecule has 1 fully saturated rings. The Morgan fingerprint density at radius 3 is 2.42 bits per heavy atom. The molecule has 0 radical (unpaired) electrons. The highest BCUT2D eigenvalue weighted by Crippen LogP contribution is 2.33. The zero-order chi connectivity index (χ0) is 22.6. The molecule has 31 heavy (non-hydrogen) atoms. The molecule has 1 aromatic carbocycles. The first kappa shape index (κ1) is 23.3. The van der Waals surface area contributed by atoms with Crippen molar-refractivity contribution in [2.75, 3.05) is 26.2 Å². The lowest BCUT2D eigenvalue weighted by Crippen LogP contribution is -2.45. The van der Waals surface area contributed by atoms with Crippen LogP contribution in [0, 0.1) is 6.92 Å². The lowest BCUT2D eigenvalue weighted by Gasteiger charge is -2.35. The van der Waals surface area contributed by atoms with Crippen molar-refractivity contribution in [1.82, 2.24) is 20.0 Å². The largest absolute Gasteiger partial charge is 0.434 e. The van der Waals surface area contributed by atoms with Gasteiger partial charge in [0.25, 0.3) is 5.91 Å². The van der Waals surface area contributed by atoms with Crippen molar-refractivity contribution in [2.24, 2.45) is 0 Å². The topological polar surface area (TPSA) is 59.4 Å². The number of halogens is 3. The fourth-order valence-electron chi connectivity index (χ4n) is 3.89. The SMILES string of the molecule is Cc1ccc(-n2ncc(C(=O)NCCCCN3C[C@@H](C)O[C@@H](C)C3)c2C(F)(F)F)cc1. The van der Waals surface area contributed by atoms with Crippen LogP contribution in [0.25, 0.3) is 5.69 Å². The van der Waals surface area contributed by atoms with E-state index in [1.54, 1.807) is 24.3 Å². The van der Waals surface area contributed by atoms with E-state index in [4.69, 9.17) is 4.74 Å². The molecule has 0 bridgehead atoms. The van der Waals surface area contributed by atoms with Gasteiger partial charge in [-0.2, -0.15) is 18.3 Å². The zero-order valence-electron chi connectivity index (χ0n) is 18.1. The van der Waals surface area contributed by atoms with Crippen molar-refractivity contribution in [3.63, 3.8) is 0 Å². The number of rotatable bonds is 7. The Morgan fingerprint density at radius 2 is 1.81 bits per heavy atom. The molecular weight excluding hydrogens is 409 g/mol. The molecule has 2 atom stereocenters. The summed E-state index contributed by atoms with van der Waals surface area (Å²) in [6, 6.07) is 6.50. The van der Waals surface area contributed by atoms with Crippen molar-refractivity contribution >= 4 is 5.91 Å². The number of carbonyl (C=O) groups is 1. The van der Waals surface area contributed by atoms with Gasteiger partial charge in [0.2, 0.25) is 0 Å². The lowest BCUT2D eigenvalue weighted by molar-refractivity contribution is -0.143. The number of aromatic nitrogens is 2. The molecule has 1 aliphatic rings. The molecule has 1 saturated heterocycles. The van der Waals surface area contributed by atoms with Crippen LogP contribution in [0.3, 0.4) is 0 Å². The van der Waals surface area contributed by atoms with Gasteiger partial charge in [-0.15, -0.1) is 0 Å². The summed E-state index contributed by atoms with van der Waals surface area (Å²) in [5.74, 6) is -0.765. The molecule has 1 N–H and O–H groups in total. The minimum atomic E-state index is -4.71.